The van der Waals surface area contributed by atoms with Crippen molar-refractivity contribution in [2.24, 2.45) is 17.6 Å². The van der Waals surface area contributed by atoms with Crippen LogP contribution in [-0.2, 0) is 14.4 Å². The molecule has 6 nitrogen and oxygen atoms in total. The SMILES string of the molecule is CC(CC(N)=O)NC(=O)[C@@H]1CCC[C@@H]1C(=O)O. The molecule has 1 rings (SSSR count). The summed E-state index contributed by atoms with van der Waals surface area (Å²) in [5.74, 6) is -2.79. The van der Waals surface area contributed by atoms with Crippen LogP contribution in [0.4, 0.5) is 0 Å². The van der Waals surface area contributed by atoms with E-state index in [-0.39, 0.29) is 18.4 Å². The van der Waals surface area contributed by atoms with Crippen LogP contribution < -0.4 is 11.1 Å². The van der Waals surface area contributed by atoms with E-state index in [1.165, 1.54) is 0 Å². The summed E-state index contributed by atoms with van der Waals surface area (Å²) in [4.78, 5) is 33.4. The number of carboxylic acids is 1. The van der Waals surface area contributed by atoms with E-state index in [0.29, 0.717) is 12.8 Å². The lowest BCUT2D eigenvalue weighted by Crippen LogP contribution is -2.41. The molecule has 1 saturated carbocycles. The fourth-order valence-electron chi connectivity index (χ4n) is 2.27. The lowest BCUT2D eigenvalue weighted by atomic mass is 9.95. The van der Waals surface area contributed by atoms with Crippen molar-refractivity contribution in [3.8, 4) is 0 Å². The van der Waals surface area contributed by atoms with Crippen LogP contribution in [0.1, 0.15) is 32.6 Å². The van der Waals surface area contributed by atoms with Gasteiger partial charge in [0.25, 0.3) is 0 Å². The zero-order valence-corrected chi connectivity index (χ0v) is 9.81. The first kappa shape index (κ1) is 13.5. The van der Waals surface area contributed by atoms with Gasteiger partial charge in [-0.3, -0.25) is 14.4 Å². The Hall–Kier alpha value is -1.59. The third-order valence-corrected chi connectivity index (χ3v) is 3.07. The molecule has 0 spiro atoms. The first-order valence-corrected chi connectivity index (χ1v) is 5.73. The molecule has 0 radical (unpaired) electrons. The molecule has 0 aromatic rings. The van der Waals surface area contributed by atoms with Gasteiger partial charge in [0, 0.05) is 12.5 Å². The zero-order valence-electron chi connectivity index (χ0n) is 9.81. The van der Waals surface area contributed by atoms with Crippen molar-refractivity contribution >= 4 is 17.8 Å². The Morgan fingerprint density at radius 3 is 2.47 bits per heavy atom. The van der Waals surface area contributed by atoms with Gasteiger partial charge in [0.15, 0.2) is 0 Å². The third kappa shape index (κ3) is 3.72. The van der Waals surface area contributed by atoms with E-state index in [0.717, 1.165) is 6.42 Å². The number of primary amides is 1. The van der Waals surface area contributed by atoms with Crippen molar-refractivity contribution in [1.29, 1.82) is 0 Å². The molecule has 2 amide bonds. The molecule has 0 saturated heterocycles. The van der Waals surface area contributed by atoms with Crippen molar-refractivity contribution in [3.63, 3.8) is 0 Å². The monoisotopic (exact) mass is 242 g/mol. The Morgan fingerprint density at radius 1 is 1.35 bits per heavy atom. The van der Waals surface area contributed by atoms with Crippen molar-refractivity contribution in [2.75, 3.05) is 0 Å². The summed E-state index contributed by atoms with van der Waals surface area (Å²) in [6, 6.07) is -0.352. The number of nitrogens with two attached hydrogens (primary N) is 1. The van der Waals surface area contributed by atoms with Crippen LogP contribution in [0.15, 0.2) is 0 Å². The topological polar surface area (TPSA) is 109 Å². The van der Waals surface area contributed by atoms with E-state index in [2.05, 4.69) is 5.32 Å². The summed E-state index contributed by atoms with van der Waals surface area (Å²) in [5.41, 5.74) is 5.01. The summed E-state index contributed by atoms with van der Waals surface area (Å²) in [5, 5.41) is 11.6. The fourth-order valence-corrected chi connectivity index (χ4v) is 2.27. The van der Waals surface area contributed by atoms with Gasteiger partial charge < -0.3 is 16.2 Å². The number of carboxylic acid groups (broad SMARTS) is 1. The largest absolute Gasteiger partial charge is 0.481 e. The molecular formula is C11H18N2O4. The van der Waals surface area contributed by atoms with E-state index in [1.807, 2.05) is 0 Å². The zero-order chi connectivity index (χ0) is 13.0. The van der Waals surface area contributed by atoms with E-state index in [4.69, 9.17) is 10.8 Å². The molecular weight excluding hydrogens is 224 g/mol. The van der Waals surface area contributed by atoms with Crippen molar-refractivity contribution < 1.29 is 19.5 Å². The average molecular weight is 242 g/mol. The molecule has 6 heteroatoms. The number of hydrogen-bond donors (Lipinski definition) is 3. The number of aliphatic carboxylic acids is 1. The predicted octanol–water partition coefficient (Wildman–Crippen LogP) is -0.133. The van der Waals surface area contributed by atoms with Gasteiger partial charge in [0.05, 0.1) is 11.8 Å². The molecule has 0 heterocycles. The standard InChI is InChI=1S/C11H18N2O4/c1-6(5-9(12)14)13-10(15)7-3-2-4-8(7)11(16)17/h6-8H,2-5H2,1H3,(H2,12,14)(H,13,15)(H,16,17)/t6?,7-,8+/m1/s1. The molecule has 1 fully saturated rings. The van der Waals surface area contributed by atoms with Crippen LogP contribution in [0.2, 0.25) is 0 Å². The van der Waals surface area contributed by atoms with Crippen molar-refractivity contribution in [3.05, 3.63) is 0 Å². The summed E-state index contributed by atoms with van der Waals surface area (Å²) < 4.78 is 0. The first-order valence-electron chi connectivity index (χ1n) is 5.73. The van der Waals surface area contributed by atoms with E-state index < -0.39 is 23.7 Å². The maximum Gasteiger partial charge on any atom is 0.307 e. The minimum absolute atomic E-state index is 0.0657. The molecule has 1 unspecified atom stereocenters. The van der Waals surface area contributed by atoms with E-state index >= 15 is 0 Å². The number of amides is 2. The molecule has 17 heavy (non-hydrogen) atoms. The molecule has 0 aromatic carbocycles. The Labute approximate surface area is 99.6 Å². The van der Waals surface area contributed by atoms with Crippen LogP contribution in [0.3, 0.4) is 0 Å². The fraction of sp³-hybridized carbons (Fsp3) is 0.727. The second kappa shape index (κ2) is 5.65. The lowest BCUT2D eigenvalue weighted by molar-refractivity contribution is -0.146. The number of carbonyl (C=O) groups is 3. The number of hydrogen-bond acceptors (Lipinski definition) is 3. The molecule has 1 aliphatic carbocycles. The lowest BCUT2D eigenvalue weighted by Gasteiger charge is -2.18. The average Bonchev–Trinajstić information content (AvgIpc) is 2.63. The highest BCUT2D eigenvalue weighted by Crippen LogP contribution is 2.32. The highest BCUT2D eigenvalue weighted by molar-refractivity contribution is 5.86. The Bertz CT molecular complexity index is 329. The van der Waals surface area contributed by atoms with Crippen LogP contribution in [0, 0.1) is 11.8 Å². The summed E-state index contributed by atoms with van der Waals surface area (Å²) in [7, 11) is 0. The predicted molar refractivity (Wildman–Crippen MR) is 59.9 cm³/mol. The van der Waals surface area contributed by atoms with Gasteiger partial charge in [-0.25, -0.2) is 0 Å². The van der Waals surface area contributed by atoms with Gasteiger partial charge in [-0.05, 0) is 19.8 Å². The second-order valence-electron chi connectivity index (χ2n) is 4.56. The maximum atomic E-state index is 11.8. The van der Waals surface area contributed by atoms with Gasteiger partial charge in [-0.1, -0.05) is 6.42 Å². The number of rotatable bonds is 5. The van der Waals surface area contributed by atoms with Gasteiger partial charge in [-0.2, -0.15) is 0 Å². The highest BCUT2D eigenvalue weighted by Gasteiger charge is 2.37. The molecule has 0 aliphatic heterocycles. The minimum Gasteiger partial charge on any atom is -0.481 e. The highest BCUT2D eigenvalue weighted by atomic mass is 16.4. The minimum atomic E-state index is -0.926. The molecule has 4 N–H and O–H groups in total. The Kier molecular flexibility index (Phi) is 4.48. The van der Waals surface area contributed by atoms with Gasteiger partial charge >= 0.3 is 5.97 Å². The number of carbonyl (C=O) groups excluding carboxylic acids is 2. The van der Waals surface area contributed by atoms with Crippen molar-refractivity contribution in [2.45, 2.75) is 38.6 Å². The van der Waals surface area contributed by atoms with Crippen LogP contribution in [0.5, 0.6) is 0 Å². The molecule has 3 atom stereocenters. The maximum absolute atomic E-state index is 11.8. The summed E-state index contributed by atoms with van der Waals surface area (Å²) in [6.07, 6.45) is 1.94. The van der Waals surface area contributed by atoms with Gasteiger partial charge in [0.1, 0.15) is 0 Å². The third-order valence-electron chi connectivity index (χ3n) is 3.07. The van der Waals surface area contributed by atoms with E-state index in [1.54, 1.807) is 6.92 Å². The van der Waals surface area contributed by atoms with Gasteiger partial charge in [0.2, 0.25) is 11.8 Å². The summed E-state index contributed by atoms with van der Waals surface area (Å²) in [6.45, 7) is 1.67. The first-order chi connectivity index (χ1) is 7.91. The second-order valence-corrected chi connectivity index (χ2v) is 4.56. The number of nitrogens with one attached hydrogen (secondary N) is 1. The Balaban J connectivity index is 2.52. The Morgan fingerprint density at radius 2 is 1.94 bits per heavy atom. The summed E-state index contributed by atoms with van der Waals surface area (Å²) >= 11 is 0. The smallest absolute Gasteiger partial charge is 0.307 e. The quantitative estimate of drug-likeness (QED) is 0.623. The van der Waals surface area contributed by atoms with Crippen LogP contribution in [0.25, 0.3) is 0 Å². The van der Waals surface area contributed by atoms with Gasteiger partial charge in [-0.15, -0.1) is 0 Å². The van der Waals surface area contributed by atoms with E-state index in [9.17, 15) is 14.4 Å². The molecule has 96 valence electrons. The molecule has 0 bridgehead atoms. The normalized spacial score (nSPS) is 25.2. The van der Waals surface area contributed by atoms with Crippen molar-refractivity contribution in [1.82, 2.24) is 5.32 Å². The van der Waals surface area contributed by atoms with Crippen LogP contribution in [-0.4, -0.2) is 28.9 Å². The molecule has 0 aromatic heterocycles. The molecule has 1 aliphatic rings. The van der Waals surface area contributed by atoms with Crippen LogP contribution >= 0.6 is 0 Å².